The predicted molar refractivity (Wildman–Crippen MR) is 65.6 cm³/mol. The van der Waals surface area contributed by atoms with Gasteiger partial charge in [-0.05, 0) is 26.8 Å². The topological polar surface area (TPSA) is 62.9 Å². The van der Waals surface area contributed by atoms with Gasteiger partial charge in [-0.1, -0.05) is 0 Å². The zero-order valence-electron chi connectivity index (χ0n) is 11.0. The number of morpholine rings is 1. The first-order valence-corrected chi connectivity index (χ1v) is 6.07. The highest BCUT2D eigenvalue weighted by Gasteiger charge is 2.32. The first-order valence-electron chi connectivity index (χ1n) is 6.07. The molecule has 5 heteroatoms. The van der Waals surface area contributed by atoms with Crippen LogP contribution >= 0.6 is 0 Å². The standard InChI is InChI=1S/C13H19NO4/c1-9-6-14(8-13(2,3)18-9)7-10-4-5-17-11(10)12(15)16/h4-5,9H,6-8H2,1-3H3,(H,15,16). The van der Waals surface area contributed by atoms with Gasteiger partial charge in [0.2, 0.25) is 5.76 Å². The number of carboxylic acid groups (broad SMARTS) is 1. The summed E-state index contributed by atoms with van der Waals surface area (Å²) in [6.45, 7) is 8.28. The summed E-state index contributed by atoms with van der Waals surface area (Å²) < 4.78 is 10.8. The zero-order valence-corrected chi connectivity index (χ0v) is 11.0. The van der Waals surface area contributed by atoms with E-state index in [0.29, 0.717) is 12.1 Å². The molecule has 1 aromatic heterocycles. The summed E-state index contributed by atoms with van der Waals surface area (Å²) in [6.07, 6.45) is 1.57. The minimum Gasteiger partial charge on any atom is -0.475 e. The molecule has 0 radical (unpaired) electrons. The monoisotopic (exact) mass is 253 g/mol. The lowest BCUT2D eigenvalue weighted by molar-refractivity contribution is -0.130. The fourth-order valence-electron chi connectivity index (χ4n) is 2.60. The van der Waals surface area contributed by atoms with Crippen molar-refractivity contribution in [3.05, 3.63) is 23.7 Å². The van der Waals surface area contributed by atoms with Crippen LogP contribution in [0, 0.1) is 0 Å². The first kappa shape index (κ1) is 13.1. The lowest BCUT2D eigenvalue weighted by Gasteiger charge is -2.41. The van der Waals surface area contributed by atoms with Crippen molar-refractivity contribution in [2.24, 2.45) is 0 Å². The van der Waals surface area contributed by atoms with E-state index in [-0.39, 0.29) is 17.5 Å². The Morgan fingerprint density at radius 2 is 2.33 bits per heavy atom. The molecule has 1 saturated heterocycles. The quantitative estimate of drug-likeness (QED) is 0.892. The number of furan rings is 1. The molecule has 0 spiro atoms. The average Bonchev–Trinajstić information content (AvgIpc) is 2.62. The molecule has 1 aliphatic rings. The third-order valence-corrected chi connectivity index (χ3v) is 2.97. The van der Waals surface area contributed by atoms with Crippen molar-refractivity contribution in [1.29, 1.82) is 0 Å². The number of ether oxygens (including phenoxy) is 1. The van der Waals surface area contributed by atoms with Gasteiger partial charge in [0, 0.05) is 25.2 Å². The van der Waals surface area contributed by atoms with Crippen LogP contribution in [0.5, 0.6) is 0 Å². The van der Waals surface area contributed by atoms with Crippen molar-refractivity contribution in [1.82, 2.24) is 4.90 Å². The number of hydrogen-bond acceptors (Lipinski definition) is 4. The normalized spacial score (nSPS) is 24.1. The summed E-state index contributed by atoms with van der Waals surface area (Å²) in [4.78, 5) is 13.2. The van der Waals surface area contributed by atoms with Crippen molar-refractivity contribution < 1.29 is 19.1 Å². The largest absolute Gasteiger partial charge is 0.475 e. The fourth-order valence-corrected chi connectivity index (χ4v) is 2.60. The van der Waals surface area contributed by atoms with Crippen molar-refractivity contribution in [2.75, 3.05) is 13.1 Å². The van der Waals surface area contributed by atoms with E-state index in [9.17, 15) is 4.79 Å². The SMILES string of the molecule is CC1CN(Cc2ccoc2C(=O)O)CC(C)(C)O1. The summed E-state index contributed by atoms with van der Waals surface area (Å²) in [5, 5.41) is 9.00. The van der Waals surface area contributed by atoms with Gasteiger partial charge in [-0.25, -0.2) is 4.79 Å². The molecule has 0 saturated carbocycles. The number of carbonyl (C=O) groups is 1. The molecular weight excluding hydrogens is 234 g/mol. The molecule has 5 nitrogen and oxygen atoms in total. The Morgan fingerprint density at radius 3 is 2.94 bits per heavy atom. The van der Waals surface area contributed by atoms with Gasteiger partial charge in [0.05, 0.1) is 18.0 Å². The smallest absolute Gasteiger partial charge is 0.372 e. The van der Waals surface area contributed by atoms with Crippen molar-refractivity contribution >= 4 is 5.97 Å². The number of hydrogen-bond donors (Lipinski definition) is 1. The third-order valence-electron chi connectivity index (χ3n) is 2.97. The second-order valence-corrected chi connectivity index (χ2v) is 5.44. The summed E-state index contributed by atoms with van der Waals surface area (Å²) in [7, 11) is 0. The molecule has 0 aromatic carbocycles. The molecule has 0 aliphatic carbocycles. The maximum atomic E-state index is 11.0. The molecule has 1 fully saturated rings. The van der Waals surface area contributed by atoms with Crippen LogP contribution in [0.15, 0.2) is 16.7 Å². The Hall–Kier alpha value is -1.33. The molecule has 2 rings (SSSR count). The van der Waals surface area contributed by atoms with E-state index in [4.69, 9.17) is 14.3 Å². The van der Waals surface area contributed by atoms with E-state index in [0.717, 1.165) is 13.1 Å². The van der Waals surface area contributed by atoms with Crippen LogP contribution in [0.4, 0.5) is 0 Å². The maximum Gasteiger partial charge on any atom is 0.372 e. The highest BCUT2D eigenvalue weighted by molar-refractivity contribution is 5.86. The van der Waals surface area contributed by atoms with E-state index in [2.05, 4.69) is 4.90 Å². The van der Waals surface area contributed by atoms with Crippen LogP contribution in [0.1, 0.15) is 36.9 Å². The Bertz CT molecular complexity index is 438. The van der Waals surface area contributed by atoms with Crippen LogP contribution in [-0.2, 0) is 11.3 Å². The number of aromatic carboxylic acids is 1. The van der Waals surface area contributed by atoms with E-state index in [1.54, 1.807) is 6.07 Å². The van der Waals surface area contributed by atoms with Gasteiger partial charge in [-0.15, -0.1) is 0 Å². The molecule has 1 unspecified atom stereocenters. The Kier molecular flexibility index (Phi) is 3.45. The van der Waals surface area contributed by atoms with E-state index < -0.39 is 5.97 Å². The van der Waals surface area contributed by atoms with Crippen LogP contribution in [0.2, 0.25) is 0 Å². The van der Waals surface area contributed by atoms with Gasteiger partial charge in [-0.3, -0.25) is 4.90 Å². The molecule has 100 valence electrons. The Balaban J connectivity index is 2.09. The molecule has 0 bridgehead atoms. The average molecular weight is 253 g/mol. The van der Waals surface area contributed by atoms with Crippen LogP contribution < -0.4 is 0 Å². The second kappa shape index (κ2) is 4.74. The van der Waals surface area contributed by atoms with Gasteiger partial charge in [0.15, 0.2) is 0 Å². The van der Waals surface area contributed by atoms with E-state index in [1.165, 1.54) is 6.26 Å². The van der Waals surface area contributed by atoms with Gasteiger partial charge in [0.1, 0.15) is 0 Å². The minimum absolute atomic E-state index is 0.0342. The molecule has 18 heavy (non-hydrogen) atoms. The molecule has 0 amide bonds. The molecule has 1 aromatic rings. The van der Waals surface area contributed by atoms with E-state index >= 15 is 0 Å². The van der Waals surface area contributed by atoms with Crippen molar-refractivity contribution in [3.63, 3.8) is 0 Å². The Labute approximate surface area is 106 Å². The highest BCUT2D eigenvalue weighted by atomic mass is 16.5. The second-order valence-electron chi connectivity index (χ2n) is 5.44. The Morgan fingerprint density at radius 1 is 1.61 bits per heavy atom. The first-order chi connectivity index (χ1) is 8.37. The third kappa shape index (κ3) is 2.91. The van der Waals surface area contributed by atoms with Crippen LogP contribution in [0.3, 0.4) is 0 Å². The predicted octanol–water partition coefficient (Wildman–Crippen LogP) is 1.98. The number of carboxylic acids is 1. The molecule has 1 N–H and O–H groups in total. The van der Waals surface area contributed by atoms with E-state index in [1.807, 2.05) is 20.8 Å². The van der Waals surface area contributed by atoms with Gasteiger partial charge >= 0.3 is 5.97 Å². The summed E-state index contributed by atoms with van der Waals surface area (Å²) in [5.41, 5.74) is 0.512. The number of rotatable bonds is 3. The lowest BCUT2D eigenvalue weighted by Crippen LogP contribution is -2.51. The summed E-state index contributed by atoms with van der Waals surface area (Å²) in [5.74, 6) is -0.984. The minimum atomic E-state index is -1.02. The molecule has 1 atom stereocenters. The van der Waals surface area contributed by atoms with Crippen LogP contribution in [-0.4, -0.2) is 40.8 Å². The van der Waals surface area contributed by atoms with Crippen molar-refractivity contribution in [3.8, 4) is 0 Å². The maximum absolute atomic E-state index is 11.0. The van der Waals surface area contributed by atoms with Gasteiger partial charge in [0.25, 0.3) is 0 Å². The zero-order chi connectivity index (χ0) is 13.3. The van der Waals surface area contributed by atoms with Gasteiger partial charge < -0.3 is 14.3 Å². The molecule has 2 heterocycles. The summed E-state index contributed by atoms with van der Waals surface area (Å²) in [6, 6.07) is 1.72. The summed E-state index contributed by atoms with van der Waals surface area (Å²) >= 11 is 0. The molecular formula is C13H19NO4. The number of nitrogens with zero attached hydrogens (tertiary/aromatic N) is 1. The van der Waals surface area contributed by atoms with Gasteiger partial charge in [-0.2, -0.15) is 0 Å². The molecule has 1 aliphatic heterocycles. The highest BCUT2D eigenvalue weighted by Crippen LogP contribution is 2.23. The fraction of sp³-hybridized carbons (Fsp3) is 0.615. The van der Waals surface area contributed by atoms with Crippen LogP contribution in [0.25, 0.3) is 0 Å². The lowest BCUT2D eigenvalue weighted by atomic mass is 10.0. The van der Waals surface area contributed by atoms with Crippen molar-refractivity contribution in [2.45, 2.75) is 39.0 Å².